The van der Waals surface area contributed by atoms with Crippen molar-refractivity contribution in [3.05, 3.63) is 137 Å². The molecular formula is C56H67ClN6O7S. The molecule has 13 nitrogen and oxygen atoms in total. The predicted molar refractivity (Wildman–Crippen MR) is 281 cm³/mol. The minimum absolute atomic E-state index is 0.00260. The molecule has 71 heavy (non-hydrogen) atoms. The Morgan fingerprint density at radius 3 is 2.14 bits per heavy atom. The molecular weight excluding hydrogens is 936 g/mol. The Hall–Kier alpha value is -6.06. The molecule has 2 aliphatic heterocycles. The molecule has 0 spiro atoms. The van der Waals surface area contributed by atoms with Crippen molar-refractivity contribution < 1.29 is 34.1 Å². The molecule has 7 rings (SSSR count). The molecule has 0 saturated carbocycles. The van der Waals surface area contributed by atoms with E-state index in [2.05, 4.69) is 44.8 Å². The van der Waals surface area contributed by atoms with E-state index in [0.29, 0.717) is 51.3 Å². The number of aliphatic hydroxyl groups is 1. The molecule has 5 aromatic rings. The number of unbranched alkanes of at least 4 members (excludes halogenated alkanes) is 1. The van der Waals surface area contributed by atoms with Crippen LogP contribution in [0.5, 0.6) is 11.5 Å². The molecule has 0 aliphatic carbocycles. The third-order valence-corrected chi connectivity index (χ3v) is 14.4. The highest BCUT2D eigenvalue weighted by atomic mass is 35.5. The van der Waals surface area contributed by atoms with Gasteiger partial charge in [-0.15, -0.1) is 22.9 Å². The Labute approximate surface area is 426 Å². The number of piperazine rings is 1. The Balaban J connectivity index is 0.821. The number of ether oxygens (including phenoxy) is 1. The lowest BCUT2D eigenvalue weighted by Crippen LogP contribution is -2.57. The molecule has 0 unspecified atom stereocenters. The first-order valence-corrected chi connectivity index (χ1v) is 26.0. The fraction of sp³-hybridized carbons (Fsp3) is 0.411. The van der Waals surface area contributed by atoms with Crippen molar-refractivity contribution in [1.29, 1.82) is 0 Å². The Morgan fingerprint density at radius 1 is 0.845 bits per heavy atom. The Kier molecular flexibility index (Phi) is 18.5. The predicted octanol–water partition coefficient (Wildman–Crippen LogP) is 8.30. The molecule has 4 aromatic carbocycles. The summed E-state index contributed by atoms with van der Waals surface area (Å²) in [5.41, 5.74) is 9.33. The molecule has 3 heterocycles. The van der Waals surface area contributed by atoms with Crippen molar-refractivity contribution in [2.45, 2.75) is 91.0 Å². The van der Waals surface area contributed by atoms with Crippen LogP contribution in [0.15, 0.2) is 109 Å². The average molecular weight is 1000 g/mol. The number of phenolic OH excluding ortho intramolecular Hbond substituents is 1. The number of carbonyl (C=O) groups is 4. The van der Waals surface area contributed by atoms with Gasteiger partial charge in [-0.3, -0.25) is 24.1 Å². The monoisotopic (exact) mass is 1000 g/mol. The van der Waals surface area contributed by atoms with E-state index in [-0.39, 0.29) is 49.4 Å². The van der Waals surface area contributed by atoms with Crippen LogP contribution in [0.2, 0.25) is 0 Å². The highest BCUT2D eigenvalue weighted by molar-refractivity contribution is 7.13. The summed E-state index contributed by atoms with van der Waals surface area (Å²) in [7, 11) is 0. The number of aliphatic hydroxyl groups excluding tert-OH is 1. The average Bonchev–Trinajstić information content (AvgIpc) is 3.99. The van der Waals surface area contributed by atoms with Crippen LogP contribution in [0, 0.1) is 12.3 Å². The Morgan fingerprint density at radius 2 is 1.51 bits per heavy atom. The second-order valence-corrected chi connectivity index (χ2v) is 20.7. The van der Waals surface area contributed by atoms with Crippen molar-refractivity contribution in [1.82, 2.24) is 30.3 Å². The zero-order chi connectivity index (χ0) is 50.5. The third-order valence-electron chi connectivity index (χ3n) is 13.2. The number of allylic oxidation sites excluding steroid dienone is 1. The van der Waals surface area contributed by atoms with Crippen molar-refractivity contribution >= 4 is 57.7 Å². The summed E-state index contributed by atoms with van der Waals surface area (Å²) in [5.74, 6) is 0.427. The maximum atomic E-state index is 14.1. The first kappa shape index (κ1) is 52.8. The summed E-state index contributed by atoms with van der Waals surface area (Å²) in [6.45, 7) is 11.7. The number of likely N-dealkylation sites (tertiary alicyclic amines) is 1. The maximum absolute atomic E-state index is 14.1. The summed E-state index contributed by atoms with van der Waals surface area (Å²) < 4.78 is 6.18. The number of halogens is 1. The van der Waals surface area contributed by atoms with Gasteiger partial charge in [-0.25, -0.2) is 4.98 Å². The second-order valence-electron chi connectivity index (χ2n) is 19.5. The number of hydrogen-bond donors (Lipinski definition) is 4. The number of β-amino-alcohol motifs (C(OH)–C–C–N with tert-alkyl or cyclic N) is 1. The SMILES string of the molecule is Cc1ncsc1-c1ccc(CNC(=O)[C@@H]2C[C@@H](O)CN2C(=O)[C@@H](NC(=O)CCCCC(=O)N2CCN(CCOc3ccc(C(=C(CCCl)c4ccccc4)c4ccc(O)cc4)cc3)CC2)C(C)(C)C)cc1. The second kappa shape index (κ2) is 24.9. The summed E-state index contributed by atoms with van der Waals surface area (Å²) in [6.07, 6.45) is 1.41. The lowest BCUT2D eigenvalue weighted by Gasteiger charge is -2.35. The molecule has 2 fully saturated rings. The number of phenols is 1. The molecule has 3 atom stereocenters. The number of thiazole rings is 1. The molecule has 2 aliphatic rings. The van der Waals surface area contributed by atoms with Gasteiger partial charge in [0.15, 0.2) is 0 Å². The van der Waals surface area contributed by atoms with Gasteiger partial charge in [-0.1, -0.05) is 99.6 Å². The zero-order valence-electron chi connectivity index (χ0n) is 41.2. The van der Waals surface area contributed by atoms with Crippen LogP contribution in [0.25, 0.3) is 21.6 Å². The number of nitrogens with one attached hydrogen (secondary N) is 2. The molecule has 1 aromatic heterocycles. The molecule has 0 radical (unpaired) electrons. The van der Waals surface area contributed by atoms with Crippen molar-refractivity contribution in [3.63, 3.8) is 0 Å². The van der Waals surface area contributed by atoms with Gasteiger partial charge in [-0.05, 0) is 94.8 Å². The first-order valence-electron chi connectivity index (χ1n) is 24.6. The van der Waals surface area contributed by atoms with Gasteiger partial charge < -0.3 is 35.4 Å². The highest BCUT2D eigenvalue weighted by Crippen LogP contribution is 2.36. The Bertz CT molecular complexity index is 2590. The quantitative estimate of drug-likeness (QED) is 0.0341. The summed E-state index contributed by atoms with van der Waals surface area (Å²) in [6, 6.07) is 31.6. The van der Waals surface area contributed by atoms with Crippen LogP contribution in [0.3, 0.4) is 0 Å². The van der Waals surface area contributed by atoms with Crippen molar-refractivity contribution in [2.75, 3.05) is 51.8 Å². The molecule has 0 bridgehead atoms. The van der Waals surface area contributed by atoms with Crippen molar-refractivity contribution in [3.8, 4) is 21.9 Å². The van der Waals surface area contributed by atoms with E-state index in [9.17, 15) is 29.4 Å². The van der Waals surface area contributed by atoms with E-state index < -0.39 is 29.5 Å². The van der Waals surface area contributed by atoms with Crippen LogP contribution in [-0.2, 0) is 25.7 Å². The smallest absolute Gasteiger partial charge is 0.246 e. The van der Waals surface area contributed by atoms with Gasteiger partial charge in [-0.2, -0.15) is 0 Å². The zero-order valence-corrected chi connectivity index (χ0v) is 42.8. The van der Waals surface area contributed by atoms with E-state index >= 15 is 0 Å². The fourth-order valence-electron chi connectivity index (χ4n) is 9.26. The van der Waals surface area contributed by atoms with Crippen LogP contribution >= 0.6 is 22.9 Å². The highest BCUT2D eigenvalue weighted by Gasteiger charge is 2.44. The number of aryl methyl sites for hydroxylation is 1. The van der Waals surface area contributed by atoms with Gasteiger partial charge in [0.05, 0.1) is 22.2 Å². The van der Waals surface area contributed by atoms with Gasteiger partial charge in [0.2, 0.25) is 23.6 Å². The van der Waals surface area contributed by atoms with Crippen LogP contribution in [-0.4, -0.2) is 123 Å². The number of aromatic nitrogens is 1. The largest absolute Gasteiger partial charge is 0.508 e. The molecule has 4 N–H and O–H groups in total. The van der Waals surface area contributed by atoms with Crippen LogP contribution < -0.4 is 15.4 Å². The number of hydrogen-bond acceptors (Lipinski definition) is 10. The van der Waals surface area contributed by atoms with E-state index in [1.54, 1.807) is 23.5 Å². The van der Waals surface area contributed by atoms with Crippen molar-refractivity contribution in [2.24, 2.45) is 5.41 Å². The van der Waals surface area contributed by atoms with Gasteiger partial charge >= 0.3 is 0 Å². The third kappa shape index (κ3) is 14.3. The van der Waals surface area contributed by atoms with E-state index in [1.807, 2.05) is 105 Å². The lowest BCUT2D eigenvalue weighted by atomic mass is 9.85. The lowest BCUT2D eigenvalue weighted by molar-refractivity contribution is -0.144. The fourth-order valence-corrected chi connectivity index (χ4v) is 10.3. The number of aromatic hydroxyl groups is 1. The first-order chi connectivity index (χ1) is 34.2. The van der Waals surface area contributed by atoms with Crippen LogP contribution in [0.1, 0.15) is 87.2 Å². The number of carbonyl (C=O) groups excluding carboxylic acids is 4. The van der Waals surface area contributed by atoms with Gasteiger partial charge in [0.25, 0.3) is 0 Å². The number of alkyl halides is 1. The van der Waals surface area contributed by atoms with Gasteiger partial charge in [0, 0.05) is 71.0 Å². The number of rotatable bonds is 20. The standard InChI is InChI=1S/C56H67ClN6O7S/c1-38-52(71-37-59-38)43-16-14-39(15-17-43)35-58-54(68)48-34-45(65)36-63(48)55(69)53(56(2,3)4)60-49(66)12-8-9-13-50(67)62-30-28-61(29-31-62)32-33-70-46-24-20-42(21-25-46)51(41-18-22-44(64)23-19-41)47(26-27-57)40-10-6-5-7-11-40/h5-7,10-11,14-25,37,45,48,53,64-65H,8-9,12-13,26-36H2,1-4H3,(H,58,68)(H,60,66)/t45-,48+,53-/m1/s1. The number of nitrogens with zero attached hydrogens (tertiary/aromatic N) is 4. The number of amides is 4. The van der Waals surface area contributed by atoms with E-state index in [1.165, 1.54) is 4.90 Å². The molecule has 2 saturated heterocycles. The summed E-state index contributed by atoms with van der Waals surface area (Å²) >= 11 is 7.90. The maximum Gasteiger partial charge on any atom is 0.246 e. The molecule has 15 heteroatoms. The normalized spacial score (nSPS) is 17.1. The van der Waals surface area contributed by atoms with E-state index in [0.717, 1.165) is 74.9 Å². The number of benzene rings is 4. The topological polar surface area (TPSA) is 165 Å². The molecule has 4 amide bonds. The summed E-state index contributed by atoms with van der Waals surface area (Å²) in [4.78, 5) is 65.1. The van der Waals surface area contributed by atoms with Crippen LogP contribution in [0.4, 0.5) is 0 Å². The molecule has 376 valence electrons. The minimum Gasteiger partial charge on any atom is -0.508 e. The minimum atomic E-state index is -0.921. The summed E-state index contributed by atoms with van der Waals surface area (Å²) in [5, 5.41) is 26.5. The van der Waals surface area contributed by atoms with E-state index in [4.69, 9.17) is 16.3 Å². The van der Waals surface area contributed by atoms with Gasteiger partial charge in [0.1, 0.15) is 30.2 Å².